The molecule has 2 unspecified atom stereocenters. The van der Waals surface area contributed by atoms with Crippen LogP contribution in [0.25, 0.3) is 0 Å². The highest BCUT2D eigenvalue weighted by Gasteiger charge is 2.05. The lowest BCUT2D eigenvalue weighted by Gasteiger charge is -2.01. The third-order valence-corrected chi connectivity index (χ3v) is 3.41. The van der Waals surface area contributed by atoms with Crippen molar-refractivity contribution in [3.8, 4) is 5.75 Å². The first-order valence-corrected chi connectivity index (χ1v) is 7.47. The van der Waals surface area contributed by atoms with Crippen LogP contribution in [-0.4, -0.2) is 20.0 Å². The van der Waals surface area contributed by atoms with Crippen LogP contribution >= 0.6 is 39.7 Å². The molecule has 0 radical (unpaired) electrons. The molecule has 0 aliphatic heterocycles. The highest BCUT2D eigenvalue weighted by atomic mass is 35.5. The number of phenolic OH excluding ortho intramolecular Hbond substituents is 1. The fourth-order valence-electron chi connectivity index (χ4n) is 0.784. The van der Waals surface area contributed by atoms with Gasteiger partial charge in [0.05, 0.1) is 16.7 Å². The van der Waals surface area contributed by atoms with E-state index in [-0.39, 0.29) is 22.4 Å². The zero-order chi connectivity index (χ0) is 14.3. The topological polar surface area (TPSA) is 124 Å². The Morgan fingerprint density at radius 3 is 1.72 bits per heavy atom. The molecule has 0 aliphatic rings. The second-order valence-corrected chi connectivity index (χ2v) is 5.39. The Balaban J connectivity index is 0.000000360. The maximum Gasteiger partial charge on any atom is 0.323 e. The van der Waals surface area contributed by atoms with Gasteiger partial charge in [-0.05, 0) is 17.7 Å². The van der Waals surface area contributed by atoms with Crippen molar-refractivity contribution in [1.29, 1.82) is 0 Å². The van der Waals surface area contributed by atoms with Crippen LogP contribution in [0.3, 0.4) is 0 Å². The number of phenols is 1. The predicted molar refractivity (Wildman–Crippen MR) is 67.6 cm³/mol. The van der Waals surface area contributed by atoms with E-state index in [1.54, 1.807) is 0 Å². The minimum absolute atomic E-state index is 0.139. The molecule has 11 heteroatoms. The van der Waals surface area contributed by atoms with Gasteiger partial charge in [-0.2, -0.15) is 0 Å². The lowest BCUT2D eigenvalue weighted by molar-refractivity contribution is 0.281. The van der Waals surface area contributed by atoms with Gasteiger partial charge in [0.25, 0.3) is 0 Å². The van der Waals surface area contributed by atoms with Crippen molar-refractivity contribution in [3.63, 3.8) is 0 Å². The second-order valence-electron chi connectivity index (χ2n) is 2.70. The van der Waals surface area contributed by atoms with Gasteiger partial charge in [0.2, 0.25) is 0 Å². The molecule has 0 fully saturated rings. The van der Waals surface area contributed by atoms with Crippen LogP contribution in [0.15, 0.2) is 12.1 Å². The van der Waals surface area contributed by atoms with Crippen LogP contribution in [0.1, 0.15) is 5.56 Å². The zero-order valence-corrected chi connectivity index (χ0v) is 12.1. The molecule has 0 amide bonds. The molecule has 2 atom stereocenters. The molecule has 0 spiro atoms. The molecular formula is C7H10Cl2O7P2. The molecule has 18 heavy (non-hydrogen) atoms. The first-order chi connectivity index (χ1) is 8.27. The van der Waals surface area contributed by atoms with Crippen LogP contribution < -0.4 is 0 Å². The van der Waals surface area contributed by atoms with Gasteiger partial charge in [-0.25, -0.2) is 4.31 Å². The van der Waals surface area contributed by atoms with E-state index in [4.69, 9.17) is 43.2 Å². The molecule has 4 N–H and O–H groups in total. The maximum atomic E-state index is 9.44. The summed E-state index contributed by atoms with van der Waals surface area (Å²) in [6.45, 7) is -0.139. The Labute approximate surface area is 113 Å². The molecule has 1 aromatic carbocycles. The number of hydrogen-bond acceptors (Lipinski definition) is 5. The Bertz CT molecular complexity index is 418. The normalized spacial score (nSPS) is 13.4. The van der Waals surface area contributed by atoms with E-state index < -0.39 is 16.5 Å². The van der Waals surface area contributed by atoms with E-state index in [1.807, 2.05) is 0 Å². The van der Waals surface area contributed by atoms with E-state index >= 15 is 0 Å². The minimum atomic E-state index is -3.20. The van der Waals surface area contributed by atoms with E-state index in [9.17, 15) is 9.13 Å². The minimum Gasteiger partial charge on any atom is -0.505 e. The van der Waals surface area contributed by atoms with E-state index in [2.05, 4.69) is 4.31 Å². The second kappa shape index (κ2) is 8.91. The fraction of sp³-hybridized carbons (Fsp3) is 0.143. The average Bonchev–Trinajstić information content (AvgIpc) is 2.24. The standard InChI is InChI=1S/C7H6Cl2O2.H4O5P2/c8-5-1-4(3-10)2-6(9)7(5)11;1-6(2)5-7(3)4/h1-2,10-11H,3H2;6-7H,(H,1,2)(H,3,4). The number of aliphatic hydroxyl groups excluding tert-OH is 1. The lowest BCUT2D eigenvalue weighted by Crippen LogP contribution is -1.83. The van der Waals surface area contributed by atoms with Gasteiger partial charge in [-0.1, -0.05) is 23.2 Å². The first-order valence-electron chi connectivity index (χ1n) is 4.19. The molecule has 0 heterocycles. The highest BCUT2D eigenvalue weighted by molar-refractivity contribution is 7.46. The van der Waals surface area contributed by atoms with Gasteiger partial charge in [-0.15, -0.1) is 0 Å². The average molecular weight is 339 g/mol. The van der Waals surface area contributed by atoms with Crippen molar-refractivity contribution < 1.29 is 33.4 Å². The Morgan fingerprint density at radius 2 is 1.50 bits per heavy atom. The van der Waals surface area contributed by atoms with Gasteiger partial charge in [0.1, 0.15) is 0 Å². The van der Waals surface area contributed by atoms with Gasteiger partial charge >= 0.3 is 16.5 Å². The first kappa shape index (κ1) is 17.9. The fourth-order valence-corrected chi connectivity index (χ4v) is 1.91. The summed E-state index contributed by atoms with van der Waals surface area (Å²) < 4.78 is 22.3. The Morgan fingerprint density at radius 1 is 1.11 bits per heavy atom. The molecule has 1 rings (SSSR count). The third-order valence-electron chi connectivity index (χ3n) is 1.43. The molecule has 0 saturated heterocycles. The Hall–Kier alpha value is -0.100. The van der Waals surface area contributed by atoms with Crippen molar-refractivity contribution >= 4 is 39.7 Å². The van der Waals surface area contributed by atoms with Crippen molar-refractivity contribution in [2.24, 2.45) is 0 Å². The number of benzene rings is 1. The summed E-state index contributed by atoms with van der Waals surface area (Å²) >= 11 is 11.1. The highest BCUT2D eigenvalue weighted by Crippen LogP contribution is 2.32. The number of aliphatic hydroxyl groups is 1. The van der Waals surface area contributed by atoms with Crippen LogP contribution in [0.5, 0.6) is 5.75 Å². The largest absolute Gasteiger partial charge is 0.505 e. The van der Waals surface area contributed by atoms with Gasteiger partial charge in [0.15, 0.2) is 5.75 Å². The summed E-state index contributed by atoms with van der Waals surface area (Å²) in [6.07, 6.45) is 0. The van der Waals surface area contributed by atoms with Crippen molar-refractivity contribution in [3.05, 3.63) is 27.7 Å². The molecular weight excluding hydrogens is 329 g/mol. The third kappa shape index (κ3) is 7.36. The van der Waals surface area contributed by atoms with Crippen LogP contribution in [0, 0.1) is 0 Å². The molecule has 0 aromatic heterocycles. The maximum absolute atomic E-state index is 9.44. The van der Waals surface area contributed by atoms with Gasteiger partial charge < -0.3 is 20.0 Å². The molecule has 0 bridgehead atoms. The molecule has 0 saturated carbocycles. The number of aromatic hydroxyl groups is 1. The summed E-state index contributed by atoms with van der Waals surface area (Å²) in [5.74, 6) is -0.148. The molecule has 0 aliphatic carbocycles. The molecule has 1 aromatic rings. The van der Waals surface area contributed by atoms with E-state index in [1.165, 1.54) is 12.1 Å². The summed E-state index contributed by atoms with van der Waals surface area (Å²) in [4.78, 5) is 15.4. The summed E-state index contributed by atoms with van der Waals surface area (Å²) in [5.41, 5.74) is 0.581. The summed E-state index contributed by atoms with van der Waals surface area (Å²) in [7, 11) is -6.40. The van der Waals surface area contributed by atoms with E-state index in [0.29, 0.717) is 5.56 Å². The van der Waals surface area contributed by atoms with Crippen LogP contribution in [0.4, 0.5) is 0 Å². The van der Waals surface area contributed by atoms with Gasteiger partial charge in [0, 0.05) is 0 Å². The van der Waals surface area contributed by atoms with Crippen LogP contribution in [-0.2, 0) is 20.0 Å². The monoisotopic (exact) mass is 338 g/mol. The summed E-state index contributed by atoms with van der Waals surface area (Å²) in [5, 5.41) is 18.1. The van der Waals surface area contributed by atoms with Crippen molar-refractivity contribution in [2.75, 3.05) is 0 Å². The number of hydrogen-bond donors (Lipinski definition) is 4. The van der Waals surface area contributed by atoms with Crippen molar-refractivity contribution in [2.45, 2.75) is 6.61 Å². The van der Waals surface area contributed by atoms with Crippen molar-refractivity contribution in [1.82, 2.24) is 0 Å². The smallest absolute Gasteiger partial charge is 0.323 e. The molecule has 104 valence electrons. The predicted octanol–water partition coefficient (Wildman–Crippen LogP) is 1.96. The van der Waals surface area contributed by atoms with E-state index in [0.717, 1.165) is 0 Å². The van der Waals surface area contributed by atoms with Crippen LogP contribution in [0.2, 0.25) is 10.0 Å². The number of rotatable bonds is 3. The lowest BCUT2D eigenvalue weighted by atomic mass is 10.2. The summed E-state index contributed by atoms with van der Waals surface area (Å²) in [6, 6.07) is 2.92. The molecule has 7 nitrogen and oxygen atoms in total. The van der Waals surface area contributed by atoms with Gasteiger partial charge in [-0.3, -0.25) is 9.13 Å². The number of halogens is 2. The Kier molecular flexibility index (Phi) is 8.86. The quantitative estimate of drug-likeness (QED) is 0.621. The zero-order valence-electron chi connectivity index (χ0n) is 8.63. The SMILES string of the molecule is O=[PH](O)O[PH](=O)O.OCc1cc(Cl)c(O)c(Cl)c1.